The number of methoxy groups -OCH3 is 1. The van der Waals surface area contributed by atoms with Crippen molar-refractivity contribution in [3.8, 4) is 17.2 Å². The summed E-state index contributed by atoms with van der Waals surface area (Å²) in [4.78, 5) is 14.1. The number of hydrogen-bond acceptors (Lipinski definition) is 4. The van der Waals surface area contributed by atoms with E-state index in [9.17, 15) is 4.79 Å². The van der Waals surface area contributed by atoms with E-state index in [1.54, 1.807) is 31.2 Å². The van der Waals surface area contributed by atoms with E-state index >= 15 is 0 Å². The van der Waals surface area contributed by atoms with Crippen LogP contribution in [0.3, 0.4) is 0 Å². The molecule has 2 aromatic carbocycles. The molecule has 2 aromatic rings. The lowest BCUT2D eigenvalue weighted by atomic mass is 10.1. The van der Waals surface area contributed by atoms with Crippen LogP contribution in [0.25, 0.3) is 6.08 Å². The van der Waals surface area contributed by atoms with Crippen LogP contribution < -0.4 is 14.2 Å². The Kier molecular flexibility index (Phi) is 4.93. The maximum atomic E-state index is 12.4. The first-order valence-electron chi connectivity index (χ1n) is 8.07. The molecule has 5 nitrogen and oxygen atoms in total. The second kappa shape index (κ2) is 7.30. The van der Waals surface area contributed by atoms with Gasteiger partial charge in [0, 0.05) is 13.1 Å². The Morgan fingerprint density at radius 2 is 1.88 bits per heavy atom. The Hall–Kier alpha value is -2.95. The molecule has 0 aliphatic carbocycles. The Labute approximate surface area is 147 Å². The van der Waals surface area contributed by atoms with Crippen LogP contribution in [0.1, 0.15) is 24.1 Å². The molecular weight excluding hydrogens is 318 g/mol. The molecule has 0 bridgehead atoms. The molecule has 25 heavy (non-hydrogen) atoms. The van der Waals surface area contributed by atoms with E-state index in [2.05, 4.69) is 0 Å². The van der Waals surface area contributed by atoms with Gasteiger partial charge in [-0.2, -0.15) is 0 Å². The Bertz CT molecular complexity index is 783. The summed E-state index contributed by atoms with van der Waals surface area (Å²) in [6, 6.07) is 13.3. The highest BCUT2D eigenvalue weighted by Gasteiger charge is 2.16. The molecule has 3 rings (SSSR count). The van der Waals surface area contributed by atoms with Crippen LogP contribution in [0.2, 0.25) is 0 Å². The Morgan fingerprint density at radius 1 is 1.16 bits per heavy atom. The van der Waals surface area contributed by atoms with Gasteiger partial charge in [-0.15, -0.1) is 0 Å². The predicted octanol–water partition coefficient (Wildman–Crippen LogP) is 3.66. The van der Waals surface area contributed by atoms with E-state index in [4.69, 9.17) is 14.2 Å². The molecule has 0 fully saturated rings. The number of fused-ring (bicyclic) bond motifs is 1. The van der Waals surface area contributed by atoms with E-state index < -0.39 is 0 Å². The summed E-state index contributed by atoms with van der Waals surface area (Å²) >= 11 is 0. The largest absolute Gasteiger partial charge is 0.497 e. The van der Waals surface area contributed by atoms with Crippen molar-refractivity contribution in [2.45, 2.75) is 13.0 Å². The maximum absolute atomic E-state index is 12.4. The smallest absolute Gasteiger partial charge is 0.246 e. The molecule has 0 radical (unpaired) electrons. The van der Waals surface area contributed by atoms with Crippen LogP contribution in [0.4, 0.5) is 0 Å². The Morgan fingerprint density at radius 3 is 2.60 bits per heavy atom. The predicted molar refractivity (Wildman–Crippen MR) is 95.8 cm³/mol. The monoisotopic (exact) mass is 339 g/mol. The minimum absolute atomic E-state index is 0.0418. The summed E-state index contributed by atoms with van der Waals surface area (Å²) in [5.74, 6) is 2.16. The van der Waals surface area contributed by atoms with E-state index in [1.165, 1.54) is 0 Å². The summed E-state index contributed by atoms with van der Waals surface area (Å²) in [7, 11) is 3.43. The number of amides is 1. The third-order valence-electron chi connectivity index (χ3n) is 4.34. The topological polar surface area (TPSA) is 48.0 Å². The summed E-state index contributed by atoms with van der Waals surface area (Å²) < 4.78 is 15.8. The van der Waals surface area contributed by atoms with Crippen molar-refractivity contribution in [3.63, 3.8) is 0 Å². The van der Waals surface area contributed by atoms with Crippen LogP contribution in [0.5, 0.6) is 17.2 Å². The molecular formula is C20H21NO4. The zero-order valence-electron chi connectivity index (χ0n) is 14.6. The number of rotatable bonds is 5. The number of benzene rings is 2. The fourth-order valence-electron chi connectivity index (χ4n) is 2.60. The molecule has 0 saturated carbocycles. The lowest BCUT2D eigenvalue weighted by Gasteiger charge is -2.24. The molecule has 5 heteroatoms. The van der Waals surface area contributed by atoms with Gasteiger partial charge in [-0.3, -0.25) is 4.79 Å². The van der Waals surface area contributed by atoms with Crippen LogP contribution in [0.15, 0.2) is 48.5 Å². The van der Waals surface area contributed by atoms with Crippen molar-refractivity contribution < 1.29 is 19.0 Å². The van der Waals surface area contributed by atoms with Crippen molar-refractivity contribution in [2.24, 2.45) is 0 Å². The zero-order valence-corrected chi connectivity index (χ0v) is 14.6. The van der Waals surface area contributed by atoms with Gasteiger partial charge in [-0.05, 0) is 48.4 Å². The average Bonchev–Trinajstić information content (AvgIpc) is 3.12. The van der Waals surface area contributed by atoms with Gasteiger partial charge < -0.3 is 19.1 Å². The van der Waals surface area contributed by atoms with Crippen LogP contribution in [-0.2, 0) is 4.79 Å². The third-order valence-corrected chi connectivity index (χ3v) is 4.34. The molecule has 130 valence electrons. The molecule has 0 aromatic heterocycles. The summed E-state index contributed by atoms with van der Waals surface area (Å²) in [6.07, 6.45) is 3.35. The van der Waals surface area contributed by atoms with Gasteiger partial charge in [-0.1, -0.05) is 18.2 Å². The summed E-state index contributed by atoms with van der Waals surface area (Å²) in [5, 5.41) is 0. The van der Waals surface area contributed by atoms with E-state index in [0.717, 1.165) is 22.6 Å². The third kappa shape index (κ3) is 3.76. The van der Waals surface area contributed by atoms with E-state index in [1.807, 2.05) is 49.4 Å². The standard InChI is InChI=1S/C20H21NO4/c1-14(16-6-8-17(23-3)9-7-16)21(2)20(22)11-5-15-4-10-18-19(12-15)25-13-24-18/h4-12,14H,13H2,1-3H3/b11-5+. The number of hydrogen-bond donors (Lipinski definition) is 0. The highest BCUT2D eigenvalue weighted by molar-refractivity contribution is 5.92. The number of carbonyl (C=O) groups is 1. The van der Waals surface area contributed by atoms with Crippen molar-refractivity contribution in [2.75, 3.05) is 21.0 Å². The van der Waals surface area contributed by atoms with Crippen molar-refractivity contribution in [1.82, 2.24) is 4.90 Å². The first-order chi connectivity index (χ1) is 12.1. The number of nitrogens with zero attached hydrogens (tertiary/aromatic N) is 1. The number of carbonyl (C=O) groups excluding carboxylic acids is 1. The fourth-order valence-corrected chi connectivity index (χ4v) is 2.60. The van der Waals surface area contributed by atoms with Crippen LogP contribution in [0, 0.1) is 0 Å². The van der Waals surface area contributed by atoms with Crippen molar-refractivity contribution >= 4 is 12.0 Å². The number of likely N-dealkylation sites (N-methyl/N-ethyl adjacent to an activating group) is 1. The lowest BCUT2D eigenvalue weighted by molar-refractivity contribution is -0.126. The zero-order chi connectivity index (χ0) is 17.8. The molecule has 1 aliphatic heterocycles. The van der Waals surface area contributed by atoms with Gasteiger partial charge in [0.1, 0.15) is 5.75 Å². The van der Waals surface area contributed by atoms with Gasteiger partial charge >= 0.3 is 0 Å². The molecule has 0 N–H and O–H groups in total. The molecule has 1 atom stereocenters. The van der Waals surface area contributed by atoms with Gasteiger partial charge in [0.15, 0.2) is 11.5 Å². The Balaban J connectivity index is 1.66. The first kappa shape index (κ1) is 16.9. The fraction of sp³-hybridized carbons (Fsp3) is 0.250. The minimum atomic E-state index is -0.0685. The SMILES string of the molecule is COc1ccc(C(C)N(C)C(=O)/C=C/c2ccc3c(c2)OCO3)cc1. The van der Waals surface area contributed by atoms with Crippen LogP contribution in [-0.4, -0.2) is 31.8 Å². The summed E-state index contributed by atoms with van der Waals surface area (Å²) in [6.45, 7) is 2.23. The van der Waals surface area contributed by atoms with Gasteiger partial charge in [0.05, 0.1) is 13.2 Å². The minimum Gasteiger partial charge on any atom is -0.497 e. The first-order valence-corrected chi connectivity index (χ1v) is 8.07. The maximum Gasteiger partial charge on any atom is 0.246 e. The van der Waals surface area contributed by atoms with E-state index in [-0.39, 0.29) is 18.7 Å². The highest BCUT2D eigenvalue weighted by Crippen LogP contribution is 2.32. The van der Waals surface area contributed by atoms with Crippen molar-refractivity contribution in [1.29, 1.82) is 0 Å². The lowest BCUT2D eigenvalue weighted by Crippen LogP contribution is -2.27. The van der Waals surface area contributed by atoms with Crippen molar-refractivity contribution in [3.05, 3.63) is 59.7 Å². The van der Waals surface area contributed by atoms with Gasteiger partial charge in [-0.25, -0.2) is 0 Å². The molecule has 1 heterocycles. The normalized spacial score (nSPS) is 13.7. The molecule has 0 spiro atoms. The van der Waals surface area contributed by atoms with Gasteiger partial charge in [0.2, 0.25) is 12.7 Å². The van der Waals surface area contributed by atoms with E-state index in [0.29, 0.717) is 5.75 Å². The molecule has 1 amide bonds. The quantitative estimate of drug-likeness (QED) is 0.780. The van der Waals surface area contributed by atoms with Crippen LogP contribution >= 0.6 is 0 Å². The number of ether oxygens (including phenoxy) is 3. The molecule has 1 unspecified atom stereocenters. The van der Waals surface area contributed by atoms with Gasteiger partial charge in [0.25, 0.3) is 0 Å². The second-order valence-electron chi connectivity index (χ2n) is 5.84. The second-order valence-corrected chi connectivity index (χ2v) is 5.84. The molecule has 0 saturated heterocycles. The summed E-state index contributed by atoms with van der Waals surface area (Å²) in [5.41, 5.74) is 1.94. The average molecular weight is 339 g/mol. The highest BCUT2D eigenvalue weighted by atomic mass is 16.7. The molecule has 1 aliphatic rings.